The summed E-state index contributed by atoms with van der Waals surface area (Å²) in [6, 6.07) is 16.6. The Morgan fingerprint density at radius 2 is 1.96 bits per heavy atom. The lowest BCUT2D eigenvalue weighted by Crippen LogP contribution is -2.14. The lowest BCUT2D eigenvalue weighted by Gasteiger charge is -2.06. The normalized spacial score (nSPS) is 10.9. The predicted molar refractivity (Wildman–Crippen MR) is 107 cm³/mol. The third kappa shape index (κ3) is 3.80. The van der Waals surface area contributed by atoms with Crippen molar-refractivity contribution in [2.24, 2.45) is 0 Å². The van der Waals surface area contributed by atoms with Gasteiger partial charge in [0.05, 0.1) is 12.1 Å². The summed E-state index contributed by atoms with van der Waals surface area (Å²) in [4.78, 5) is 28.4. The molecule has 5 nitrogen and oxygen atoms in total. The SMILES string of the molecule is Cc1cc(=O)oc2cc(NC(=O)Cc3csc(-c4ccccc4)n3)ccc12. The Morgan fingerprint density at radius 3 is 2.78 bits per heavy atom. The topological polar surface area (TPSA) is 72.2 Å². The molecule has 0 aliphatic carbocycles. The van der Waals surface area contributed by atoms with E-state index in [1.165, 1.54) is 17.4 Å². The number of amides is 1. The Morgan fingerprint density at radius 1 is 1.15 bits per heavy atom. The third-order valence-electron chi connectivity index (χ3n) is 4.15. The van der Waals surface area contributed by atoms with Gasteiger partial charge in [0.1, 0.15) is 10.6 Å². The van der Waals surface area contributed by atoms with Crippen LogP contribution in [0, 0.1) is 6.92 Å². The number of carbonyl (C=O) groups is 1. The predicted octanol–water partition coefficient (Wildman–Crippen LogP) is 4.41. The standard InChI is InChI=1S/C21H16N2O3S/c1-13-9-20(25)26-18-10-15(7-8-17(13)18)22-19(24)11-16-12-27-21(23-16)14-5-3-2-4-6-14/h2-10,12H,11H2,1H3,(H,22,24). The van der Waals surface area contributed by atoms with Crippen LogP contribution in [0.3, 0.4) is 0 Å². The molecule has 4 aromatic rings. The number of thiazole rings is 1. The van der Waals surface area contributed by atoms with Crippen molar-refractivity contribution >= 4 is 33.9 Å². The van der Waals surface area contributed by atoms with Gasteiger partial charge < -0.3 is 9.73 Å². The Balaban J connectivity index is 1.49. The third-order valence-corrected chi connectivity index (χ3v) is 5.09. The number of aryl methyl sites for hydroxylation is 1. The fourth-order valence-corrected chi connectivity index (χ4v) is 3.70. The van der Waals surface area contributed by atoms with Crippen LogP contribution in [0.15, 0.2) is 69.2 Å². The molecule has 6 heteroatoms. The van der Waals surface area contributed by atoms with Crippen LogP contribution in [0.5, 0.6) is 0 Å². The van der Waals surface area contributed by atoms with Crippen molar-refractivity contribution in [3.05, 3.63) is 81.7 Å². The van der Waals surface area contributed by atoms with E-state index in [1.54, 1.807) is 12.1 Å². The number of carbonyl (C=O) groups excluding carboxylic acids is 1. The van der Waals surface area contributed by atoms with Crippen LogP contribution < -0.4 is 10.9 Å². The molecule has 1 amide bonds. The van der Waals surface area contributed by atoms with Gasteiger partial charge in [0.15, 0.2) is 0 Å². The first kappa shape index (κ1) is 17.2. The van der Waals surface area contributed by atoms with E-state index in [9.17, 15) is 9.59 Å². The molecule has 0 bridgehead atoms. The molecule has 2 heterocycles. The summed E-state index contributed by atoms with van der Waals surface area (Å²) in [5.41, 5.74) is 3.24. The van der Waals surface area contributed by atoms with Crippen molar-refractivity contribution in [3.63, 3.8) is 0 Å². The maximum absolute atomic E-state index is 12.4. The summed E-state index contributed by atoms with van der Waals surface area (Å²) in [5, 5.41) is 6.46. The van der Waals surface area contributed by atoms with Gasteiger partial charge in [0.25, 0.3) is 0 Å². The van der Waals surface area contributed by atoms with Gasteiger partial charge in [0.2, 0.25) is 5.91 Å². The second-order valence-corrected chi connectivity index (χ2v) is 7.05. The van der Waals surface area contributed by atoms with Crippen molar-refractivity contribution in [2.75, 3.05) is 5.32 Å². The molecule has 134 valence electrons. The molecule has 0 radical (unpaired) electrons. The van der Waals surface area contributed by atoms with Gasteiger partial charge in [-0.25, -0.2) is 9.78 Å². The highest BCUT2D eigenvalue weighted by Gasteiger charge is 2.10. The zero-order valence-electron chi connectivity index (χ0n) is 14.6. The number of hydrogen-bond acceptors (Lipinski definition) is 5. The average molecular weight is 376 g/mol. The van der Waals surface area contributed by atoms with Crippen LogP contribution >= 0.6 is 11.3 Å². The van der Waals surface area contributed by atoms with Crippen molar-refractivity contribution in [2.45, 2.75) is 13.3 Å². The van der Waals surface area contributed by atoms with Crippen LogP contribution in [-0.4, -0.2) is 10.9 Å². The van der Waals surface area contributed by atoms with Crippen LogP contribution in [0.2, 0.25) is 0 Å². The van der Waals surface area contributed by atoms with E-state index >= 15 is 0 Å². The largest absolute Gasteiger partial charge is 0.423 e. The molecule has 0 aliphatic heterocycles. The lowest BCUT2D eigenvalue weighted by molar-refractivity contribution is -0.115. The molecule has 2 aromatic heterocycles. The first-order chi connectivity index (χ1) is 13.1. The fraction of sp³-hybridized carbons (Fsp3) is 0.0952. The Kier molecular flexibility index (Phi) is 4.56. The molecule has 4 rings (SSSR count). The first-order valence-corrected chi connectivity index (χ1v) is 9.31. The van der Waals surface area contributed by atoms with Gasteiger partial charge in [-0.3, -0.25) is 4.79 Å². The number of hydrogen-bond donors (Lipinski definition) is 1. The van der Waals surface area contributed by atoms with E-state index in [1.807, 2.05) is 48.7 Å². The number of nitrogens with one attached hydrogen (secondary N) is 1. The highest BCUT2D eigenvalue weighted by atomic mass is 32.1. The fourth-order valence-electron chi connectivity index (χ4n) is 2.87. The number of fused-ring (bicyclic) bond motifs is 1. The molecule has 0 saturated carbocycles. The monoisotopic (exact) mass is 376 g/mol. The molecule has 0 atom stereocenters. The van der Waals surface area contributed by atoms with Crippen molar-refractivity contribution in [1.82, 2.24) is 4.98 Å². The van der Waals surface area contributed by atoms with Gasteiger partial charge >= 0.3 is 5.63 Å². The molecule has 0 unspecified atom stereocenters. The number of anilines is 1. The van der Waals surface area contributed by atoms with Crippen LogP contribution in [-0.2, 0) is 11.2 Å². The highest BCUT2D eigenvalue weighted by molar-refractivity contribution is 7.13. The highest BCUT2D eigenvalue weighted by Crippen LogP contribution is 2.24. The Labute approximate surface area is 159 Å². The van der Waals surface area contributed by atoms with Gasteiger partial charge in [-0.1, -0.05) is 30.3 Å². The summed E-state index contributed by atoms with van der Waals surface area (Å²) < 4.78 is 5.22. The van der Waals surface area contributed by atoms with Crippen LogP contribution in [0.4, 0.5) is 5.69 Å². The summed E-state index contributed by atoms with van der Waals surface area (Å²) in [6.07, 6.45) is 0.180. The maximum atomic E-state index is 12.4. The molecule has 2 aromatic carbocycles. The molecule has 0 saturated heterocycles. The zero-order chi connectivity index (χ0) is 18.8. The van der Waals surface area contributed by atoms with Crippen molar-refractivity contribution in [1.29, 1.82) is 0 Å². The van der Waals surface area contributed by atoms with Gasteiger partial charge in [-0.2, -0.15) is 0 Å². The average Bonchev–Trinajstić information content (AvgIpc) is 3.10. The number of nitrogens with zero attached hydrogens (tertiary/aromatic N) is 1. The molecule has 0 spiro atoms. The van der Waals surface area contributed by atoms with E-state index < -0.39 is 5.63 Å². The number of aromatic nitrogens is 1. The Bertz CT molecular complexity index is 1180. The van der Waals surface area contributed by atoms with Crippen LogP contribution in [0.25, 0.3) is 21.5 Å². The minimum Gasteiger partial charge on any atom is -0.423 e. The Hall–Kier alpha value is -3.25. The molecule has 1 N–H and O–H groups in total. The van der Waals surface area contributed by atoms with Crippen molar-refractivity contribution in [3.8, 4) is 10.6 Å². The summed E-state index contributed by atoms with van der Waals surface area (Å²) in [6.45, 7) is 1.85. The summed E-state index contributed by atoms with van der Waals surface area (Å²) in [5.74, 6) is -0.172. The van der Waals surface area contributed by atoms with Crippen molar-refractivity contribution < 1.29 is 9.21 Å². The minimum atomic E-state index is -0.403. The first-order valence-electron chi connectivity index (χ1n) is 8.43. The quantitative estimate of drug-likeness (QED) is 0.536. The van der Waals surface area contributed by atoms with E-state index in [4.69, 9.17) is 4.42 Å². The molecule has 0 fully saturated rings. The van der Waals surface area contributed by atoms with Crippen LogP contribution in [0.1, 0.15) is 11.3 Å². The molecule has 0 aliphatic rings. The molecular weight excluding hydrogens is 360 g/mol. The summed E-state index contributed by atoms with van der Waals surface area (Å²) >= 11 is 1.52. The summed E-state index contributed by atoms with van der Waals surface area (Å²) in [7, 11) is 0. The number of rotatable bonds is 4. The van der Waals surface area contributed by atoms with Gasteiger partial charge in [0, 0.05) is 34.1 Å². The maximum Gasteiger partial charge on any atom is 0.336 e. The lowest BCUT2D eigenvalue weighted by atomic mass is 10.1. The van der Waals surface area contributed by atoms with E-state index in [0.717, 1.165) is 27.2 Å². The second-order valence-electron chi connectivity index (χ2n) is 6.19. The van der Waals surface area contributed by atoms with E-state index in [2.05, 4.69) is 10.3 Å². The smallest absolute Gasteiger partial charge is 0.336 e. The second kappa shape index (κ2) is 7.17. The molecule has 27 heavy (non-hydrogen) atoms. The van der Waals surface area contributed by atoms with Gasteiger partial charge in [-0.15, -0.1) is 11.3 Å². The number of benzene rings is 2. The van der Waals surface area contributed by atoms with E-state index in [0.29, 0.717) is 11.3 Å². The van der Waals surface area contributed by atoms with E-state index in [-0.39, 0.29) is 12.3 Å². The minimum absolute atomic E-state index is 0.172. The zero-order valence-corrected chi connectivity index (χ0v) is 15.4. The molecular formula is C21H16N2O3S. The van der Waals surface area contributed by atoms with Gasteiger partial charge in [-0.05, 0) is 24.6 Å².